The van der Waals surface area contributed by atoms with Crippen LogP contribution in [0, 0.1) is 34.7 Å². The lowest BCUT2D eigenvalue weighted by atomic mass is 9.77. The van der Waals surface area contributed by atoms with Gasteiger partial charge in [0.25, 0.3) is 0 Å². The highest BCUT2D eigenvalue weighted by Gasteiger charge is 2.43. The van der Waals surface area contributed by atoms with Crippen molar-refractivity contribution in [1.82, 2.24) is 15.1 Å². The summed E-state index contributed by atoms with van der Waals surface area (Å²) in [5, 5.41) is 11.6. The molecule has 5 nitrogen and oxygen atoms in total. The second-order valence-electron chi connectivity index (χ2n) is 10.0. The van der Waals surface area contributed by atoms with Crippen molar-refractivity contribution in [2.45, 2.75) is 45.1 Å². The van der Waals surface area contributed by atoms with E-state index >= 15 is 0 Å². The van der Waals surface area contributed by atoms with E-state index in [-0.39, 0.29) is 11.3 Å². The SMILES string of the molecule is CCC1(CN2C[C@H]3CC(Nc4ccc(-c5cc(F)cc(F)c5F)nn4)C[C@H]3C2)CCOCC1. The fraction of sp³-hybridized carbons (Fsp3) is 0.600. The average molecular weight is 461 g/mol. The van der Waals surface area contributed by atoms with Crippen molar-refractivity contribution >= 4 is 5.82 Å². The molecule has 1 aliphatic carbocycles. The molecule has 8 heteroatoms. The van der Waals surface area contributed by atoms with Crippen LogP contribution in [0.5, 0.6) is 0 Å². The molecule has 1 aromatic carbocycles. The lowest BCUT2D eigenvalue weighted by molar-refractivity contribution is -0.00455. The molecule has 178 valence electrons. The third-order valence-corrected chi connectivity index (χ3v) is 7.97. The van der Waals surface area contributed by atoms with Gasteiger partial charge in [0.05, 0.1) is 5.69 Å². The number of hydrogen-bond acceptors (Lipinski definition) is 5. The van der Waals surface area contributed by atoms with Gasteiger partial charge in [0, 0.05) is 50.5 Å². The van der Waals surface area contributed by atoms with E-state index in [4.69, 9.17) is 4.74 Å². The molecule has 3 fully saturated rings. The predicted octanol–water partition coefficient (Wildman–Crippen LogP) is 4.89. The number of nitrogens with one attached hydrogen (secondary N) is 1. The normalized spacial score (nSPS) is 27.0. The fourth-order valence-electron chi connectivity index (χ4n) is 6.05. The number of aromatic nitrogens is 2. The Balaban J connectivity index is 1.16. The van der Waals surface area contributed by atoms with E-state index in [1.165, 1.54) is 25.8 Å². The Morgan fingerprint density at radius 1 is 1.06 bits per heavy atom. The van der Waals surface area contributed by atoms with E-state index < -0.39 is 17.5 Å². The molecule has 1 saturated carbocycles. The van der Waals surface area contributed by atoms with E-state index in [1.54, 1.807) is 12.1 Å². The van der Waals surface area contributed by atoms with Crippen LogP contribution >= 0.6 is 0 Å². The zero-order chi connectivity index (χ0) is 23.0. The van der Waals surface area contributed by atoms with Gasteiger partial charge in [-0.05, 0) is 67.6 Å². The predicted molar refractivity (Wildman–Crippen MR) is 120 cm³/mol. The van der Waals surface area contributed by atoms with E-state index in [0.717, 1.165) is 45.2 Å². The summed E-state index contributed by atoms with van der Waals surface area (Å²) in [6, 6.07) is 5.02. The molecular weight excluding hydrogens is 429 g/mol. The molecule has 0 bridgehead atoms. The van der Waals surface area contributed by atoms with Gasteiger partial charge in [-0.25, -0.2) is 13.2 Å². The number of anilines is 1. The molecule has 33 heavy (non-hydrogen) atoms. The molecule has 1 N–H and O–H groups in total. The smallest absolute Gasteiger partial charge is 0.168 e. The topological polar surface area (TPSA) is 50.3 Å². The number of ether oxygens (including phenoxy) is 1. The Kier molecular flexibility index (Phi) is 6.31. The molecule has 3 atom stereocenters. The third kappa shape index (κ3) is 4.73. The van der Waals surface area contributed by atoms with Gasteiger partial charge in [-0.1, -0.05) is 6.92 Å². The van der Waals surface area contributed by atoms with Crippen molar-refractivity contribution in [3.05, 3.63) is 41.7 Å². The second-order valence-corrected chi connectivity index (χ2v) is 10.0. The first-order valence-corrected chi connectivity index (χ1v) is 12.0. The Morgan fingerprint density at radius 3 is 2.42 bits per heavy atom. The first-order chi connectivity index (χ1) is 15.9. The molecule has 2 aliphatic heterocycles. The number of rotatable bonds is 6. The van der Waals surface area contributed by atoms with Gasteiger partial charge in [0.1, 0.15) is 11.6 Å². The van der Waals surface area contributed by atoms with Crippen molar-refractivity contribution in [3.63, 3.8) is 0 Å². The van der Waals surface area contributed by atoms with Gasteiger partial charge >= 0.3 is 0 Å². The Hall–Kier alpha value is -2.19. The minimum absolute atomic E-state index is 0.105. The molecular formula is C25H31F3N4O. The summed E-state index contributed by atoms with van der Waals surface area (Å²) in [6.45, 7) is 7.58. The summed E-state index contributed by atoms with van der Waals surface area (Å²) in [5.41, 5.74) is 0.292. The van der Waals surface area contributed by atoms with Gasteiger partial charge in [0.15, 0.2) is 11.6 Å². The Morgan fingerprint density at radius 2 is 1.79 bits per heavy atom. The lowest BCUT2D eigenvalue weighted by Crippen LogP contribution is -2.41. The monoisotopic (exact) mass is 460 g/mol. The van der Waals surface area contributed by atoms with Crippen LogP contribution in [0.3, 0.4) is 0 Å². The van der Waals surface area contributed by atoms with Crippen LogP contribution < -0.4 is 5.32 Å². The summed E-state index contributed by atoms with van der Waals surface area (Å²) in [5.74, 6) is -1.22. The van der Waals surface area contributed by atoms with Gasteiger partial charge in [-0.15, -0.1) is 10.2 Å². The summed E-state index contributed by atoms with van der Waals surface area (Å²) in [4.78, 5) is 2.67. The summed E-state index contributed by atoms with van der Waals surface area (Å²) in [6.07, 6.45) is 5.74. The summed E-state index contributed by atoms with van der Waals surface area (Å²) < 4.78 is 46.6. The van der Waals surface area contributed by atoms with Gasteiger partial charge in [-0.2, -0.15) is 0 Å². The fourth-order valence-corrected chi connectivity index (χ4v) is 6.05. The van der Waals surface area contributed by atoms with Crippen molar-refractivity contribution < 1.29 is 17.9 Å². The maximum Gasteiger partial charge on any atom is 0.168 e. The summed E-state index contributed by atoms with van der Waals surface area (Å²) >= 11 is 0. The molecule has 0 spiro atoms. The molecule has 5 rings (SSSR count). The number of benzene rings is 1. The molecule has 1 unspecified atom stereocenters. The van der Waals surface area contributed by atoms with Gasteiger partial charge in [-0.3, -0.25) is 0 Å². The van der Waals surface area contributed by atoms with Crippen LogP contribution in [-0.4, -0.2) is 54.0 Å². The number of nitrogens with zero attached hydrogens (tertiary/aromatic N) is 3. The molecule has 0 radical (unpaired) electrons. The highest BCUT2D eigenvalue weighted by Crippen LogP contribution is 2.42. The second kappa shape index (κ2) is 9.22. The largest absolute Gasteiger partial charge is 0.381 e. The third-order valence-electron chi connectivity index (χ3n) is 7.97. The zero-order valence-electron chi connectivity index (χ0n) is 19.0. The molecule has 0 amide bonds. The van der Waals surface area contributed by atoms with Crippen LogP contribution in [-0.2, 0) is 4.74 Å². The van der Waals surface area contributed by atoms with Crippen molar-refractivity contribution in [2.24, 2.45) is 17.3 Å². The van der Waals surface area contributed by atoms with Crippen LogP contribution in [0.2, 0.25) is 0 Å². The quantitative estimate of drug-likeness (QED) is 0.622. The van der Waals surface area contributed by atoms with E-state index in [9.17, 15) is 13.2 Å². The maximum atomic E-state index is 14.0. The molecule has 3 aliphatic rings. The standard InChI is InChI=1S/C25H31F3N4O/c1-2-25(5-7-33-8-6-25)15-32-13-16-9-19(10-17(16)14-32)29-23-4-3-22(30-31-23)20-11-18(26)12-21(27)24(20)28/h3-4,11-12,16-17,19H,2,5-10,13-15H2,1H3,(H,29,31)/t16-,17+,19?. The van der Waals surface area contributed by atoms with Crippen LogP contribution in [0.25, 0.3) is 11.3 Å². The van der Waals surface area contributed by atoms with Crippen molar-refractivity contribution in [2.75, 3.05) is 38.2 Å². The minimum Gasteiger partial charge on any atom is -0.381 e. The number of likely N-dealkylation sites (tertiary alicyclic amines) is 1. The highest BCUT2D eigenvalue weighted by atomic mass is 19.2. The molecule has 3 heterocycles. The van der Waals surface area contributed by atoms with Crippen LogP contribution in [0.1, 0.15) is 39.0 Å². The molecule has 2 aromatic rings. The van der Waals surface area contributed by atoms with E-state index in [2.05, 4.69) is 27.3 Å². The number of halogens is 3. The molecule has 1 aromatic heterocycles. The van der Waals surface area contributed by atoms with Gasteiger partial charge in [0.2, 0.25) is 0 Å². The van der Waals surface area contributed by atoms with E-state index in [0.29, 0.717) is 35.2 Å². The first-order valence-electron chi connectivity index (χ1n) is 12.0. The summed E-state index contributed by atoms with van der Waals surface area (Å²) in [7, 11) is 0. The first kappa shape index (κ1) is 22.6. The van der Waals surface area contributed by atoms with Crippen LogP contribution in [0.15, 0.2) is 24.3 Å². The lowest BCUT2D eigenvalue weighted by Gasteiger charge is -2.39. The van der Waals surface area contributed by atoms with Crippen molar-refractivity contribution in [3.8, 4) is 11.3 Å². The Bertz CT molecular complexity index is 966. The van der Waals surface area contributed by atoms with E-state index in [1.807, 2.05) is 0 Å². The average Bonchev–Trinajstić information content (AvgIpc) is 3.35. The number of fused-ring (bicyclic) bond motifs is 1. The Labute approximate surface area is 192 Å². The number of hydrogen-bond donors (Lipinski definition) is 1. The van der Waals surface area contributed by atoms with Crippen LogP contribution in [0.4, 0.5) is 19.0 Å². The zero-order valence-corrected chi connectivity index (χ0v) is 19.0. The maximum absolute atomic E-state index is 14.0. The minimum atomic E-state index is -1.23. The van der Waals surface area contributed by atoms with Crippen molar-refractivity contribution in [1.29, 1.82) is 0 Å². The highest BCUT2D eigenvalue weighted by molar-refractivity contribution is 5.60. The van der Waals surface area contributed by atoms with Gasteiger partial charge < -0.3 is 15.0 Å². The molecule has 2 saturated heterocycles.